The predicted molar refractivity (Wildman–Crippen MR) is 106 cm³/mol. The third kappa shape index (κ3) is 2.39. The largest absolute Gasteiger partial charge is 0.332 e. The summed E-state index contributed by atoms with van der Waals surface area (Å²) in [6.07, 6.45) is 5.19. The minimum Gasteiger partial charge on any atom is -0.306 e. The number of hydrogen-bond donors (Lipinski definition) is 0. The van der Waals surface area contributed by atoms with Crippen molar-refractivity contribution in [2.24, 2.45) is 7.05 Å². The minimum atomic E-state index is -0.410. The van der Waals surface area contributed by atoms with E-state index >= 15 is 0 Å². The number of imidazole rings is 2. The van der Waals surface area contributed by atoms with E-state index in [4.69, 9.17) is 0 Å². The molecule has 0 spiro atoms. The third-order valence-corrected chi connectivity index (χ3v) is 4.63. The van der Waals surface area contributed by atoms with Crippen LogP contribution in [0.5, 0.6) is 0 Å². The van der Waals surface area contributed by atoms with Crippen LogP contribution < -0.4 is 11.2 Å². The van der Waals surface area contributed by atoms with E-state index in [2.05, 4.69) is 18.1 Å². The zero-order valence-electron chi connectivity index (χ0n) is 15.0. The first kappa shape index (κ1) is 16.8. The second-order valence-corrected chi connectivity index (χ2v) is 6.28. The molecule has 4 rings (SSSR count). The molecule has 0 N–H and O–H groups in total. The smallest absolute Gasteiger partial charge is 0.306 e. The second kappa shape index (κ2) is 6.28. The quantitative estimate of drug-likeness (QED) is 0.512. The van der Waals surface area contributed by atoms with Crippen LogP contribution in [0.1, 0.15) is 0 Å². The lowest BCUT2D eigenvalue weighted by Crippen LogP contribution is -2.39. The highest BCUT2D eigenvalue weighted by molar-refractivity contribution is 5.78. The lowest BCUT2D eigenvalue weighted by Gasteiger charge is -2.06. The van der Waals surface area contributed by atoms with E-state index in [9.17, 15) is 9.59 Å². The van der Waals surface area contributed by atoms with Crippen molar-refractivity contribution in [3.05, 3.63) is 82.7 Å². The van der Waals surface area contributed by atoms with Gasteiger partial charge in [-0.2, -0.15) is 4.98 Å². The molecule has 0 fully saturated rings. The molecule has 0 aliphatic heterocycles. The van der Waals surface area contributed by atoms with Crippen LogP contribution in [0.25, 0.3) is 28.2 Å². The summed E-state index contributed by atoms with van der Waals surface area (Å²) in [6, 6.07) is 9.88. The topological polar surface area (TPSA) is 66.2 Å². The van der Waals surface area contributed by atoms with Gasteiger partial charge in [0.05, 0.1) is 5.69 Å². The molecule has 0 saturated carbocycles. The number of rotatable bonds is 5. The van der Waals surface area contributed by atoms with Crippen LogP contribution in [0.3, 0.4) is 0 Å². The van der Waals surface area contributed by atoms with Gasteiger partial charge in [0.2, 0.25) is 5.78 Å². The van der Waals surface area contributed by atoms with Crippen molar-refractivity contribution >= 4 is 16.9 Å². The number of aryl methyl sites for hydroxylation is 1. The predicted octanol–water partition coefficient (Wildman–Crippen LogP) is 2.19. The zero-order chi connectivity index (χ0) is 19.1. The lowest BCUT2D eigenvalue weighted by atomic mass is 10.2. The molecule has 3 heterocycles. The third-order valence-electron chi connectivity index (χ3n) is 4.63. The van der Waals surface area contributed by atoms with Crippen molar-refractivity contribution in [2.45, 2.75) is 13.1 Å². The van der Waals surface area contributed by atoms with Crippen molar-refractivity contribution in [1.82, 2.24) is 23.1 Å². The fourth-order valence-electron chi connectivity index (χ4n) is 3.38. The molecule has 0 amide bonds. The van der Waals surface area contributed by atoms with E-state index in [-0.39, 0.29) is 12.1 Å². The minimum absolute atomic E-state index is 0.146. The first-order valence-corrected chi connectivity index (χ1v) is 8.56. The maximum absolute atomic E-state index is 13.0. The van der Waals surface area contributed by atoms with Crippen molar-refractivity contribution < 1.29 is 0 Å². The Morgan fingerprint density at radius 3 is 2.37 bits per heavy atom. The molecule has 0 aliphatic rings. The van der Waals surface area contributed by atoms with Crippen molar-refractivity contribution in [1.29, 1.82) is 0 Å². The Morgan fingerprint density at radius 2 is 1.70 bits per heavy atom. The monoisotopic (exact) mass is 361 g/mol. The van der Waals surface area contributed by atoms with Gasteiger partial charge in [0.25, 0.3) is 5.56 Å². The van der Waals surface area contributed by atoms with Gasteiger partial charge >= 0.3 is 5.69 Å². The van der Waals surface area contributed by atoms with Crippen LogP contribution in [0, 0.1) is 0 Å². The van der Waals surface area contributed by atoms with Gasteiger partial charge in [0.1, 0.15) is 0 Å². The summed E-state index contributed by atoms with van der Waals surface area (Å²) in [5.74, 6) is 0.590. The molecule has 7 heteroatoms. The number of benzene rings is 1. The van der Waals surface area contributed by atoms with Gasteiger partial charge < -0.3 is 4.57 Å². The zero-order valence-corrected chi connectivity index (χ0v) is 15.0. The molecule has 7 nitrogen and oxygen atoms in total. The molecule has 0 radical (unpaired) electrons. The van der Waals surface area contributed by atoms with Gasteiger partial charge in [-0.05, 0) is 5.56 Å². The van der Waals surface area contributed by atoms with Crippen LogP contribution in [-0.4, -0.2) is 23.1 Å². The molecular weight excluding hydrogens is 342 g/mol. The Bertz CT molecular complexity index is 1300. The van der Waals surface area contributed by atoms with Crippen LogP contribution >= 0.6 is 0 Å². The summed E-state index contributed by atoms with van der Waals surface area (Å²) < 4.78 is 6.29. The molecule has 0 atom stereocenters. The van der Waals surface area contributed by atoms with E-state index in [0.717, 1.165) is 15.8 Å². The summed E-state index contributed by atoms with van der Waals surface area (Å²) in [6.45, 7) is 8.14. The van der Waals surface area contributed by atoms with E-state index in [1.54, 1.807) is 17.5 Å². The Balaban J connectivity index is 2.16. The summed E-state index contributed by atoms with van der Waals surface area (Å²) in [7, 11) is 1.62. The molecule has 3 aromatic heterocycles. The van der Waals surface area contributed by atoms with Gasteiger partial charge in [-0.15, -0.1) is 13.2 Å². The van der Waals surface area contributed by atoms with E-state index < -0.39 is 5.69 Å². The average molecular weight is 361 g/mol. The Hall–Kier alpha value is -3.61. The highest BCUT2D eigenvalue weighted by atomic mass is 16.2. The van der Waals surface area contributed by atoms with Gasteiger partial charge in [-0.25, -0.2) is 4.79 Å². The second-order valence-electron chi connectivity index (χ2n) is 6.28. The number of hydrogen-bond acceptors (Lipinski definition) is 3. The summed E-state index contributed by atoms with van der Waals surface area (Å²) in [5.41, 5.74) is 1.87. The maximum atomic E-state index is 13.0. The standard InChI is InChI=1S/C20H19N5O2/c1-4-11-23-15(14-9-7-6-8-10-14)13-25-16-17(21-19(23)25)22(3)20(27)24(12-5-2)18(16)26/h4-10,13H,1-2,11-12H2,3H3. The average Bonchev–Trinajstić information content (AvgIpc) is 3.22. The van der Waals surface area contributed by atoms with E-state index in [1.807, 2.05) is 41.1 Å². The molecule has 0 unspecified atom stereocenters. The van der Waals surface area contributed by atoms with Gasteiger partial charge in [-0.3, -0.25) is 18.3 Å². The van der Waals surface area contributed by atoms with E-state index in [1.165, 1.54) is 10.6 Å². The Morgan fingerprint density at radius 1 is 1.04 bits per heavy atom. The lowest BCUT2D eigenvalue weighted by molar-refractivity contribution is 0.667. The summed E-state index contributed by atoms with van der Waals surface area (Å²) in [5, 5.41) is 0. The molecule has 0 saturated heterocycles. The number of fused-ring (bicyclic) bond motifs is 3. The molecule has 0 bridgehead atoms. The summed E-state index contributed by atoms with van der Waals surface area (Å²) in [4.78, 5) is 30.1. The number of nitrogens with zero attached hydrogens (tertiary/aromatic N) is 5. The maximum Gasteiger partial charge on any atom is 0.332 e. The SMILES string of the molecule is C=CCn1c(=O)c2c(nc3n(CC=C)c(-c4ccccc4)cn23)n(C)c1=O. The molecule has 27 heavy (non-hydrogen) atoms. The molecular formula is C20H19N5O2. The Kier molecular flexibility index (Phi) is 3.92. The van der Waals surface area contributed by atoms with Gasteiger partial charge in [0, 0.05) is 26.3 Å². The van der Waals surface area contributed by atoms with Crippen molar-refractivity contribution in [3.63, 3.8) is 0 Å². The normalized spacial score (nSPS) is 11.3. The highest BCUT2D eigenvalue weighted by Gasteiger charge is 2.20. The van der Waals surface area contributed by atoms with Crippen molar-refractivity contribution in [3.8, 4) is 11.3 Å². The highest BCUT2D eigenvalue weighted by Crippen LogP contribution is 2.25. The molecule has 0 aliphatic carbocycles. The number of aromatic nitrogens is 5. The fourth-order valence-corrected chi connectivity index (χ4v) is 3.38. The van der Waals surface area contributed by atoms with Crippen LogP contribution in [-0.2, 0) is 20.1 Å². The van der Waals surface area contributed by atoms with Crippen LogP contribution in [0.2, 0.25) is 0 Å². The molecule has 1 aromatic carbocycles. The van der Waals surface area contributed by atoms with Crippen LogP contribution in [0.15, 0.2) is 71.4 Å². The fraction of sp³-hybridized carbons (Fsp3) is 0.150. The first-order chi connectivity index (χ1) is 13.1. The molecule has 136 valence electrons. The van der Waals surface area contributed by atoms with Crippen LogP contribution in [0.4, 0.5) is 0 Å². The molecule has 4 aromatic rings. The van der Waals surface area contributed by atoms with Gasteiger partial charge in [-0.1, -0.05) is 42.5 Å². The van der Waals surface area contributed by atoms with Crippen molar-refractivity contribution in [2.75, 3.05) is 0 Å². The van der Waals surface area contributed by atoms with Gasteiger partial charge in [0.15, 0.2) is 11.2 Å². The Labute approximate surface area is 154 Å². The summed E-state index contributed by atoms with van der Waals surface area (Å²) >= 11 is 0. The van der Waals surface area contributed by atoms with E-state index in [0.29, 0.717) is 23.5 Å². The first-order valence-electron chi connectivity index (χ1n) is 8.56. The number of allylic oxidation sites excluding steroid dienone is 2.